The Balaban J connectivity index is 1.82. The van der Waals surface area contributed by atoms with Crippen LogP contribution in [0, 0.1) is 0 Å². The van der Waals surface area contributed by atoms with E-state index in [0.29, 0.717) is 13.0 Å². The van der Waals surface area contributed by atoms with Crippen LogP contribution in [0.3, 0.4) is 0 Å². The van der Waals surface area contributed by atoms with E-state index < -0.39 is 16.0 Å². The Hall–Kier alpha value is -2.39. The van der Waals surface area contributed by atoms with E-state index in [9.17, 15) is 13.2 Å². The SMILES string of the molecule is CCOC(=O)c1cc(S(=O)(=O)N2CCCC2Cc2ccccc2OC)[nH]n1. The summed E-state index contributed by atoms with van der Waals surface area (Å²) in [6.45, 7) is 2.30. The number of sulfonamides is 1. The normalized spacial score (nSPS) is 17.8. The summed E-state index contributed by atoms with van der Waals surface area (Å²) < 4.78 is 37.8. The van der Waals surface area contributed by atoms with E-state index in [1.165, 1.54) is 10.4 Å². The number of nitrogens with zero attached hydrogens (tertiary/aromatic N) is 2. The molecule has 2 aromatic rings. The minimum atomic E-state index is -3.79. The molecule has 0 spiro atoms. The van der Waals surface area contributed by atoms with Crippen LogP contribution in [-0.4, -0.2) is 55.2 Å². The Morgan fingerprint density at radius 1 is 1.37 bits per heavy atom. The van der Waals surface area contributed by atoms with Crippen LogP contribution >= 0.6 is 0 Å². The number of hydrogen-bond donors (Lipinski definition) is 1. The van der Waals surface area contributed by atoms with E-state index in [1.54, 1.807) is 14.0 Å². The van der Waals surface area contributed by atoms with Crippen molar-refractivity contribution in [1.29, 1.82) is 0 Å². The highest BCUT2D eigenvalue weighted by Crippen LogP contribution is 2.30. The molecule has 0 bridgehead atoms. The molecule has 27 heavy (non-hydrogen) atoms. The third kappa shape index (κ3) is 3.98. The first-order valence-corrected chi connectivity index (χ1v) is 10.3. The summed E-state index contributed by atoms with van der Waals surface area (Å²) in [4.78, 5) is 11.8. The highest BCUT2D eigenvalue weighted by molar-refractivity contribution is 7.89. The van der Waals surface area contributed by atoms with Gasteiger partial charge in [0.1, 0.15) is 5.75 Å². The number of hydrogen-bond acceptors (Lipinski definition) is 6. The van der Waals surface area contributed by atoms with Gasteiger partial charge in [0.2, 0.25) is 0 Å². The first-order chi connectivity index (χ1) is 13.0. The highest BCUT2D eigenvalue weighted by Gasteiger charge is 2.37. The number of H-pyrrole nitrogens is 1. The molecule has 0 radical (unpaired) electrons. The second-order valence-corrected chi connectivity index (χ2v) is 8.12. The van der Waals surface area contributed by atoms with Crippen molar-refractivity contribution in [2.24, 2.45) is 0 Å². The molecule has 1 aromatic carbocycles. The Bertz CT molecular complexity index is 909. The van der Waals surface area contributed by atoms with Crippen molar-refractivity contribution in [2.75, 3.05) is 20.3 Å². The summed E-state index contributed by atoms with van der Waals surface area (Å²) in [5.41, 5.74) is 0.917. The van der Waals surface area contributed by atoms with Crippen molar-refractivity contribution in [3.8, 4) is 5.75 Å². The summed E-state index contributed by atoms with van der Waals surface area (Å²) in [6.07, 6.45) is 2.09. The van der Waals surface area contributed by atoms with Crippen LogP contribution in [0.15, 0.2) is 35.4 Å². The number of rotatable bonds is 7. The highest BCUT2D eigenvalue weighted by atomic mass is 32.2. The quantitative estimate of drug-likeness (QED) is 0.722. The third-order valence-corrected chi connectivity index (χ3v) is 6.46. The molecular formula is C18H23N3O5S. The van der Waals surface area contributed by atoms with Crippen LogP contribution in [0.2, 0.25) is 0 Å². The summed E-state index contributed by atoms with van der Waals surface area (Å²) in [7, 11) is -2.19. The molecule has 1 fully saturated rings. The average Bonchev–Trinajstić information content (AvgIpc) is 3.32. The summed E-state index contributed by atoms with van der Waals surface area (Å²) in [5.74, 6) is 0.0927. The number of nitrogens with one attached hydrogen (secondary N) is 1. The molecule has 0 saturated carbocycles. The van der Waals surface area contributed by atoms with E-state index in [2.05, 4.69) is 10.2 Å². The van der Waals surface area contributed by atoms with Crippen LogP contribution in [0.1, 0.15) is 35.8 Å². The topological polar surface area (TPSA) is 102 Å². The van der Waals surface area contributed by atoms with Crippen LogP contribution in [0.5, 0.6) is 5.75 Å². The maximum Gasteiger partial charge on any atom is 0.358 e. The average molecular weight is 393 g/mol. The van der Waals surface area contributed by atoms with Gasteiger partial charge in [-0.15, -0.1) is 0 Å². The van der Waals surface area contributed by atoms with Crippen molar-refractivity contribution in [3.05, 3.63) is 41.6 Å². The fourth-order valence-electron chi connectivity index (χ4n) is 3.33. The van der Waals surface area contributed by atoms with Gasteiger partial charge in [-0.05, 0) is 37.8 Å². The maximum absolute atomic E-state index is 13.1. The molecule has 2 heterocycles. The van der Waals surface area contributed by atoms with Gasteiger partial charge in [0.05, 0.1) is 13.7 Å². The molecule has 0 amide bonds. The molecule has 1 saturated heterocycles. The van der Waals surface area contributed by atoms with E-state index >= 15 is 0 Å². The number of methoxy groups -OCH3 is 1. The predicted molar refractivity (Wildman–Crippen MR) is 98.2 cm³/mol. The van der Waals surface area contributed by atoms with E-state index in [0.717, 1.165) is 24.2 Å². The molecule has 146 valence electrons. The number of para-hydroxylation sites is 1. The van der Waals surface area contributed by atoms with Crippen molar-refractivity contribution >= 4 is 16.0 Å². The first-order valence-electron chi connectivity index (χ1n) is 8.83. The molecule has 1 aromatic heterocycles. The lowest BCUT2D eigenvalue weighted by Gasteiger charge is -2.24. The Labute approximate surface area is 158 Å². The largest absolute Gasteiger partial charge is 0.496 e. The van der Waals surface area contributed by atoms with Gasteiger partial charge in [-0.3, -0.25) is 5.10 Å². The Morgan fingerprint density at radius 3 is 2.89 bits per heavy atom. The van der Waals surface area contributed by atoms with Gasteiger partial charge in [-0.2, -0.15) is 9.40 Å². The van der Waals surface area contributed by atoms with Gasteiger partial charge < -0.3 is 9.47 Å². The lowest BCUT2D eigenvalue weighted by atomic mass is 10.0. The fraction of sp³-hybridized carbons (Fsp3) is 0.444. The van der Waals surface area contributed by atoms with E-state index in [-0.39, 0.29) is 23.4 Å². The molecule has 1 atom stereocenters. The van der Waals surface area contributed by atoms with Gasteiger partial charge in [0.15, 0.2) is 10.7 Å². The number of aromatic nitrogens is 2. The van der Waals surface area contributed by atoms with Crippen LogP contribution in [-0.2, 0) is 21.2 Å². The van der Waals surface area contributed by atoms with Crippen molar-refractivity contribution < 1.29 is 22.7 Å². The van der Waals surface area contributed by atoms with Gasteiger partial charge in [0.25, 0.3) is 10.0 Å². The summed E-state index contributed by atoms with van der Waals surface area (Å²) in [6, 6.07) is 8.65. The minimum absolute atomic E-state index is 0.0455. The number of carbonyl (C=O) groups is 1. The minimum Gasteiger partial charge on any atom is -0.496 e. The zero-order valence-corrected chi connectivity index (χ0v) is 16.2. The monoisotopic (exact) mass is 393 g/mol. The van der Waals surface area contributed by atoms with Crippen molar-refractivity contribution in [3.63, 3.8) is 0 Å². The molecule has 9 heteroatoms. The maximum atomic E-state index is 13.1. The standard InChI is InChI=1S/C18H23N3O5S/c1-3-26-18(22)15-12-17(20-19-15)27(23,24)21-10-6-8-14(21)11-13-7-4-5-9-16(13)25-2/h4-5,7,9,12,14H,3,6,8,10-11H2,1-2H3,(H,19,20). The fourth-order valence-corrected chi connectivity index (χ4v) is 4.94. The zero-order valence-electron chi connectivity index (χ0n) is 15.3. The molecule has 0 aliphatic carbocycles. The molecule has 1 aliphatic rings. The Morgan fingerprint density at radius 2 is 2.15 bits per heavy atom. The Kier molecular flexibility index (Phi) is 5.81. The van der Waals surface area contributed by atoms with Crippen molar-refractivity contribution in [2.45, 2.75) is 37.3 Å². The molecule has 3 rings (SSSR count). The number of ether oxygens (including phenoxy) is 2. The zero-order chi connectivity index (χ0) is 19.4. The van der Waals surface area contributed by atoms with Crippen molar-refractivity contribution in [1.82, 2.24) is 14.5 Å². The smallest absolute Gasteiger partial charge is 0.358 e. The number of benzene rings is 1. The van der Waals surface area contributed by atoms with Crippen LogP contribution in [0.4, 0.5) is 0 Å². The third-order valence-electron chi connectivity index (χ3n) is 4.60. The second-order valence-electron chi connectivity index (χ2n) is 6.27. The molecule has 8 nitrogen and oxygen atoms in total. The molecular weight excluding hydrogens is 370 g/mol. The summed E-state index contributed by atoms with van der Waals surface area (Å²) in [5, 5.41) is 6.15. The second kappa shape index (κ2) is 8.10. The number of aromatic amines is 1. The van der Waals surface area contributed by atoms with E-state index in [1.807, 2.05) is 24.3 Å². The molecule has 1 N–H and O–H groups in total. The lowest BCUT2D eigenvalue weighted by Crippen LogP contribution is -2.37. The predicted octanol–water partition coefficient (Wildman–Crippen LogP) is 1.99. The first kappa shape index (κ1) is 19.4. The lowest BCUT2D eigenvalue weighted by molar-refractivity contribution is 0.0519. The van der Waals surface area contributed by atoms with Gasteiger partial charge >= 0.3 is 5.97 Å². The summed E-state index contributed by atoms with van der Waals surface area (Å²) >= 11 is 0. The number of carbonyl (C=O) groups excluding carboxylic acids is 1. The number of esters is 1. The van der Waals surface area contributed by atoms with Gasteiger partial charge in [0, 0.05) is 18.7 Å². The molecule has 1 aliphatic heterocycles. The molecule has 1 unspecified atom stereocenters. The van der Waals surface area contributed by atoms with Crippen LogP contribution in [0.25, 0.3) is 0 Å². The van der Waals surface area contributed by atoms with E-state index in [4.69, 9.17) is 9.47 Å². The van der Waals surface area contributed by atoms with Crippen LogP contribution < -0.4 is 4.74 Å². The van der Waals surface area contributed by atoms with Gasteiger partial charge in [-0.1, -0.05) is 18.2 Å². The van der Waals surface area contributed by atoms with Gasteiger partial charge in [-0.25, -0.2) is 13.2 Å².